The molecule has 2 aliphatic carbocycles. The molecule has 17 heteroatoms. The van der Waals surface area contributed by atoms with Crippen LogP contribution in [0.15, 0.2) is 41.9 Å². The number of sulfonamides is 1. The number of para-hydroxylation sites is 1. The molecule has 0 radical (unpaired) electrons. The van der Waals surface area contributed by atoms with Gasteiger partial charge in [0.05, 0.1) is 16.8 Å². The Morgan fingerprint density at radius 3 is 2.72 bits per heavy atom. The number of aryl methyl sites for hydroxylation is 1. The number of carbonyl (C=O) groups is 4. The van der Waals surface area contributed by atoms with Gasteiger partial charge in [-0.05, 0) is 64.0 Å². The maximum absolute atomic E-state index is 14.8. The Labute approximate surface area is 310 Å². The normalized spacial score (nSPS) is 27.1. The SMILES string of the molecule is CCc1nc2cccc(F)c2nc1O[C@@H]1C[C@H]2C(=O)N[C@]3(C(=O)NS(=O)(=O)C4(C)CC4)C[C@H]3C=CCCCCC[C@H](NC(=O)c3nccs3)C(=O)N2C1. The molecule has 4 aliphatic rings. The van der Waals surface area contributed by atoms with Gasteiger partial charge in [0.15, 0.2) is 10.8 Å². The molecule has 3 fully saturated rings. The van der Waals surface area contributed by atoms with Crippen LogP contribution in [0.1, 0.15) is 87.1 Å². The van der Waals surface area contributed by atoms with Crippen LogP contribution >= 0.6 is 11.3 Å². The number of benzene rings is 1. The van der Waals surface area contributed by atoms with Crippen molar-refractivity contribution in [3.63, 3.8) is 0 Å². The molecule has 282 valence electrons. The van der Waals surface area contributed by atoms with Gasteiger partial charge in [-0.1, -0.05) is 38.0 Å². The van der Waals surface area contributed by atoms with Gasteiger partial charge in [0.1, 0.15) is 34.9 Å². The summed E-state index contributed by atoms with van der Waals surface area (Å²) in [6, 6.07) is 2.28. The fraction of sp³-hybridized carbons (Fsp3) is 0.528. The standard InChI is InChI=1S/C36H42FN7O7S2/c1-3-24-31(41-28-23(37)11-9-13-25(28)39-24)51-22-18-27-29(45)42-36(34(48)43-53(49,50)35(2)14-15-35)19-21(36)10-7-5-4-6-8-12-26(33(47)44(27)20-22)40-30(46)32-38-16-17-52-32/h7,9-11,13,16-17,21-22,26-27H,3-6,8,12,14-15,18-20H2,1-2H3,(H,40,46)(H,42,45)(H,43,48)/t21-,22-,26+,27+,36-/m1/s1. The first-order valence-corrected chi connectivity index (χ1v) is 20.4. The molecule has 0 spiro atoms. The molecule has 4 amide bonds. The van der Waals surface area contributed by atoms with Crippen molar-refractivity contribution in [1.29, 1.82) is 0 Å². The van der Waals surface area contributed by atoms with E-state index in [4.69, 9.17) is 4.74 Å². The topological polar surface area (TPSA) is 190 Å². The minimum absolute atomic E-state index is 0.0159. The number of thiazole rings is 1. The highest BCUT2D eigenvalue weighted by atomic mass is 32.2. The smallest absolute Gasteiger partial charge is 0.280 e. The minimum atomic E-state index is -4.01. The first-order chi connectivity index (χ1) is 25.3. The number of ether oxygens (including phenoxy) is 1. The van der Waals surface area contributed by atoms with Crippen LogP contribution in [-0.4, -0.2) is 86.9 Å². The van der Waals surface area contributed by atoms with Crippen LogP contribution in [0, 0.1) is 11.7 Å². The first kappa shape index (κ1) is 36.8. The zero-order valence-corrected chi connectivity index (χ0v) is 31.1. The maximum Gasteiger partial charge on any atom is 0.280 e. The van der Waals surface area contributed by atoms with E-state index in [1.807, 2.05) is 19.1 Å². The lowest BCUT2D eigenvalue weighted by Gasteiger charge is -2.30. The number of aromatic nitrogens is 3. The lowest BCUT2D eigenvalue weighted by atomic mass is 10.0. The van der Waals surface area contributed by atoms with Gasteiger partial charge in [0.25, 0.3) is 11.8 Å². The summed E-state index contributed by atoms with van der Waals surface area (Å²) in [5.74, 6) is -3.50. The van der Waals surface area contributed by atoms with E-state index < -0.39 is 73.9 Å². The highest BCUT2D eigenvalue weighted by Gasteiger charge is 2.63. The molecule has 0 unspecified atom stereocenters. The lowest BCUT2D eigenvalue weighted by Crippen LogP contribution is -2.58. The number of hydrogen-bond acceptors (Lipinski definition) is 11. The highest BCUT2D eigenvalue weighted by Crippen LogP contribution is 2.47. The molecule has 1 aromatic carbocycles. The van der Waals surface area contributed by atoms with Crippen molar-refractivity contribution in [3.8, 4) is 5.88 Å². The van der Waals surface area contributed by atoms with Crippen molar-refractivity contribution >= 4 is 56.0 Å². The van der Waals surface area contributed by atoms with Crippen LogP contribution in [0.2, 0.25) is 0 Å². The summed E-state index contributed by atoms with van der Waals surface area (Å²) in [6.07, 6.45) is 8.98. The molecular weight excluding hydrogens is 726 g/mol. The quantitative estimate of drug-likeness (QED) is 0.287. The van der Waals surface area contributed by atoms with E-state index in [2.05, 4.69) is 30.3 Å². The van der Waals surface area contributed by atoms with E-state index in [1.165, 1.54) is 23.2 Å². The highest BCUT2D eigenvalue weighted by molar-refractivity contribution is 7.91. The van der Waals surface area contributed by atoms with Gasteiger partial charge in [-0.25, -0.2) is 27.8 Å². The third kappa shape index (κ3) is 7.37. The minimum Gasteiger partial charge on any atom is -0.471 e. The van der Waals surface area contributed by atoms with Crippen molar-refractivity contribution in [3.05, 3.63) is 58.4 Å². The number of amides is 4. The van der Waals surface area contributed by atoms with E-state index in [9.17, 15) is 32.0 Å². The second-order valence-electron chi connectivity index (χ2n) is 14.5. The van der Waals surface area contributed by atoms with Gasteiger partial charge in [-0.15, -0.1) is 11.3 Å². The number of nitrogens with zero attached hydrogens (tertiary/aromatic N) is 4. The molecule has 0 bridgehead atoms. The van der Waals surface area contributed by atoms with Crippen LogP contribution in [0.5, 0.6) is 5.88 Å². The molecule has 53 heavy (non-hydrogen) atoms. The number of halogens is 1. The first-order valence-electron chi connectivity index (χ1n) is 18.0. The predicted molar refractivity (Wildman–Crippen MR) is 193 cm³/mol. The zero-order chi connectivity index (χ0) is 37.5. The van der Waals surface area contributed by atoms with Crippen molar-refractivity contribution < 1.29 is 36.7 Å². The van der Waals surface area contributed by atoms with Crippen LogP contribution in [0.25, 0.3) is 11.0 Å². The molecule has 2 aromatic heterocycles. The Balaban J connectivity index is 1.21. The maximum atomic E-state index is 14.8. The van der Waals surface area contributed by atoms with E-state index in [0.29, 0.717) is 49.7 Å². The Hall–Kier alpha value is -4.51. The van der Waals surface area contributed by atoms with Crippen molar-refractivity contribution in [2.75, 3.05) is 6.54 Å². The van der Waals surface area contributed by atoms with Crippen molar-refractivity contribution in [1.82, 2.24) is 35.2 Å². The average Bonchev–Trinajstić information content (AvgIpc) is 3.87. The Morgan fingerprint density at radius 1 is 1.17 bits per heavy atom. The van der Waals surface area contributed by atoms with Crippen molar-refractivity contribution in [2.24, 2.45) is 5.92 Å². The summed E-state index contributed by atoms with van der Waals surface area (Å²) in [6.45, 7) is 3.34. The molecule has 4 heterocycles. The number of nitrogens with one attached hydrogen (secondary N) is 3. The summed E-state index contributed by atoms with van der Waals surface area (Å²) in [7, 11) is -4.01. The van der Waals surface area contributed by atoms with E-state index in [1.54, 1.807) is 18.4 Å². The third-order valence-electron chi connectivity index (χ3n) is 10.7. The molecular formula is C36H42FN7O7S2. The monoisotopic (exact) mass is 767 g/mol. The lowest BCUT2D eigenvalue weighted by molar-refractivity contribution is -0.141. The summed E-state index contributed by atoms with van der Waals surface area (Å²) in [5.41, 5.74) is -0.710. The molecule has 7 rings (SSSR count). The van der Waals surface area contributed by atoms with Crippen LogP contribution in [0.3, 0.4) is 0 Å². The number of carbonyl (C=O) groups excluding carboxylic acids is 4. The molecule has 1 saturated heterocycles. The van der Waals surface area contributed by atoms with Gasteiger partial charge in [-0.2, -0.15) is 0 Å². The fourth-order valence-electron chi connectivity index (χ4n) is 7.05. The van der Waals surface area contributed by atoms with Gasteiger partial charge in [0, 0.05) is 23.9 Å². The second kappa shape index (κ2) is 14.4. The molecule has 2 saturated carbocycles. The van der Waals surface area contributed by atoms with E-state index in [-0.39, 0.29) is 35.8 Å². The van der Waals surface area contributed by atoms with Gasteiger partial charge >= 0.3 is 0 Å². The second-order valence-corrected chi connectivity index (χ2v) is 17.6. The van der Waals surface area contributed by atoms with Gasteiger partial charge in [-0.3, -0.25) is 23.9 Å². The molecule has 14 nitrogen and oxygen atoms in total. The van der Waals surface area contributed by atoms with Crippen LogP contribution in [0.4, 0.5) is 4.39 Å². The largest absolute Gasteiger partial charge is 0.471 e. The average molecular weight is 768 g/mol. The number of allylic oxidation sites excluding steroid dienone is 1. The zero-order valence-electron chi connectivity index (χ0n) is 29.5. The Kier molecular flexibility index (Phi) is 9.99. The summed E-state index contributed by atoms with van der Waals surface area (Å²) in [5, 5.41) is 7.52. The Bertz CT molecular complexity index is 2070. The van der Waals surface area contributed by atoms with Gasteiger partial charge in [0.2, 0.25) is 27.7 Å². The summed E-state index contributed by atoms with van der Waals surface area (Å²) >= 11 is 1.13. The Morgan fingerprint density at radius 2 is 1.98 bits per heavy atom. The van der Waals surface area contributed by atoms with E-state index in [0.717, 1.165) is 24.2 Å². The van der Waals surface area contributed by atoms with Crippen LogP contribution in [-0.2, 0) is 30.8 Å². The van der Waals surface area contributed by atoms with E-state index >= 15 is 0 Å². The van der Waals surface area contributed by atoms with Crippen LogP contribution < -0.4 is 20.1 Å². The number of fused-ring (bicyclic) bond motifs is 3. The summed E-state index contributed by atoms with van der Waals surface area (Å²) in [4.78, 5) is 70.2. The number of rotatable bonds is 8. The molecule has 3 N–H and O–H groups in total. The predicted octanol–water partition coefficient (Wildman–Crippen LogP) is 3.33. The fourth-order valence-corrected chi connectivity index (χ4v) is 8.90. The van der Waals surface area contributed by atoms with Gasteiger partial charge < -0.3 is 20.3 Å². The third-order valence-corrected chi connectivity index (χ3v) is 13.6. The molecule has 5 atom stereocenters. The van der Waals surface area contributed by atoms with Crippen molar-refractivity contribution in [2.45, 2.75) is 107 Å². The molecule has 3 aromatic rings. The molecule has 2 aliphatic heterocycles. The number of hydrogen-bond donors (Lipinski definition) is 3. The summed E-state index contributed by atoms with van der Waals surface area (Å²) < 4.78 is 48.5.